The molecule has 6 heterocycles. The van der Waals surface area contributed by atoms with E-state index in [9.17, 15) is 19.2 Å². The van der Waals surface area contributed by atoms with Crippen LogP contribution in [0.25, 0.3) is 43.1 Å². The van der Waals surface area contributed by atoms with Crippen molar-refractivity contribution in [2.24, 2.45) is 11.8 Å². The third kappa shape index (κ3) is 17.2. The summed E-state index contributed by atoms with van der Waals surface area (Å²) >= 11 is 0. The Morgan fingerprint density at radius 3 is 0.772 bits per heavy atom. The van der Waals surface area contributed by atoms with Crippen LogP contribution in [0.4, 0.5) is 0 Å². The van der Waals surface area contributed by atoms with E-state index in [1.54, 1.807) is 48.5 Å². The van der Waals surface area contributed by atoms with E-state index in [1.165, 1.54) is 34.1 Å². The fraction of sp³-hybridized carbons (Fsp3) is 0.386. The standard InChI is InChI=1S/C88H88N4O22/c1-47(2)33-65(87(101)89(29-25-71(93)107-43-57-39-103-57)30-26-72(94)108-44-58-40-104-58)91-83(97)61-35-67(111-53-17-9-49(5)10-18-53)77-79-69(113-55-21-13-51(7)14-22-55)37-63-76-64(86(100)92(85(63)99)66(34-48(3)4)88(102)90(31-27-73(95)109-45-59-41-105-59)32-28-74(96)110-46-60-42-106-60)38-70(114-56-23-15-52(8)16-24-56)80(82(76)79)78-68(112-54-19-11-50(6)12-20-54)36-62(84(91)98)75(61)81(77)78/h9-24,35-38,47-48,57-60,65-66H,25-34,39-46H2,1-8H3. The summed E-state index contributed by atoms with van der Waals surface area (Å²) in [6.07, 6.45) is -2.44. The maximum absolute atomic E-state index is 16.7. The predicted molar refractivity (Wildman–Crippen MR) is 415 cm³/mol. The first-order valence-electron chi connectivity index (χ1n) is 38.7. The van der Waals surface area contributed by atoms with E-state index in [4.69, 9.17) is 56.8 Å². The van der Waals surface area contributed by atoms with Crippen molar-refractivity contribution in [3.8, 4) is 46.0 Å². The molecule has 6 unspecified atom stereocenters. The zero-order valence-electron chi connectivity index (χ0n) is 64.7. The molecule has 6 amide bonds. The molecule has 6 atom stereocenters. The second-order valence-corrected chi connectivity index (χ2v) is 30.8. The molecule has 0 saturated carbocycles. The Hall–Kier alpha value is -11.6. The van der Waals surface area contributed by atoms with E-state index in [2.05, 4.69) is 0 Å². The Labute approximate surface area is 656 Å². The third-order valence-corrected chi connectivity index (χ3v) is 20.8. The highest BCUT2D eigenvalue weighted by atomic mass is 16.6. The molecule has 0 bridgehead atoms. The highest BCUT2D eigenvalue weighted by Crippen LogP contribution is 2.58. The minimum atomic E-state index is -1.57. The minimum Gasteiger partial charge on any atom is -0.463 e. The lowest BCUT2D eigenvalue weighted by molar-refractivity contribution is -0.149. The van der Waals surface area contributed by atoms with Crippen LogP contribution in [0.3, 0.4) is 0 Å². The fourth-order valence-corrected chi connectivity index (χ4v) is 14.6. The van der Waals surface area contributed by atoms with Gasteiger partial charge in [-0.25, -0.2) is 0 Å². The quantitative estimate of drug-likeness (QED) is 0.00879. The molecule has 0 aromatic heterocycles. The number of hydrogen-bond donors (Lipinski definition) is 0. The Balaban J connectivity index is 0.972. The Morgan fingerprint density at radius 1 is 0.351 bits per heavy atom. The molecule has 26 nitrogen and oxygen atoms in total. The van der Waals surface area contributed by atoms with Gasteiger partial charge in [-0.05, 0) is 125 Å². The lowest BCUT2D eigenvalue weighted by Gasteiger charge is -2.38. The first kappa shape index (κ1) is 77.7. The third-order valence-electron chi connectivity index (χ3n) is 20.8. The van der Waals surface area contributed by atoms with Crippen molar-refractivity contribution in [2.45, 2.75) is 130 Å². The molecule has 114 heavy (non-hydrogen) atoms. The van der Waals surface area contributed by atoms with Gasteiger partial charge in [0.2, 0.25) is 11.8 Å². The second kappa shape index (κ2) is 32.9. The van der Waals surface area contributed by atoms with Gasteiger partial charge in [-0.15, -0.1) is 0 Å². The predicted octanol–water partition coefficient (Wildman–Crippen LogP) is 13.1. The first-order chi connectivity index (χ1) is 54.9. The van der Waals surface area contributed by atoms with Gasteiger partial charge in [-0.2, -0.15) is 0 Å². The fourth-order valence-electron chi connectivity index (χ4n) is 14.6. The number of aryl methyl sites for hydroxylation is 4. The number of carbonyl (C=O) groups is 10. The summed E-state index contributed by atoms with van der Waals surface area (Å²) in [6, 6.07) is 31.5. The van der Waals surface area contributed by atoms with Crippen LogP contribution in [-0.4, -0.2) is 194 Å². The number of carbonyl (C=O) groups excluding carboxylic acids is 10. The first-order valence-corrected chi connectivity index (χ1v) is 38.7. The Bertz CT molecular complexity index is 4660. The number of rotatable bonds is 36. The summed E-state index contributed by atoms with van der Waals surface area (Å²) in [5, 5.41) is 1.37. The van der Waals surface area contributed by atoms with E-state index < -0.39 is 71.4 Å². The van der Waals surface area contributed by atoms with Crippen molar-refractivity contribution in [1.29, 1.82) is 0 Å². The number of hydrogen-bond acceptors (Lipinski definition) is 22. The molecule has 4 saturated heterocycles. The van der Waals surface area contributed by atoms with Crippen molar-refractivity contribution in [2.75, 3.05) is 79.0 Å². The SMILES string of the molecule is Cc1ccc(Oc2cc3c4c(cc(Oc5ccc(C)cc5)c5c6c(Oc7ccc(C)cc7)cc7c8c(cc(Oc9ccc(C)cc9)c(c2c45)c86)C(=O)N(C(CC(C)C)C(=O)N(CCC(=O)OCC2CO2)CCC(=O)OCC2CO2)C7=O)C(=O)N(C(CC(C)C)C(=O)N(CCC(=O)OCC2CO2)CCC(=O)OCC2CO2)C3=O)cc1. The number of imide groups is 2. The van der Waals surface area contributed by atoms with Crippen LogP contribution in [0, 0.1) is 39.5 Å². The van der Waals surface area contributed by atoms with Gasteiger partial charge in [0.25, 0.3) is 23.6 Å². The molecule has 0 radical (unpaired) electrons. The Kier molecular flexibility index (Phi) is 22.4. The molecule has 592 valence electrons. The summed E-state index contributed by atoms with van der Waals surface area (Å²) in [6.45, 7) is 15.6. The van der Waals surface area contributed by atoms with E-state index in [-0.39, 0.29) is 239 Å². The van der Waals surface area contributed by atoms with Gasteiger partial charge in [0.1, 0.15) is 109 Å². The second-order valence-electron chi connectivity index (χ2n) is 30.8. The van der Waals surface area contributed by atoms with Gasteiger partial charge in [0.15, 0.2) is 0 Å². The molecular weight excluding hydrogens is 1460 g/mol. The van der Waals surface area contributed by atoms with E-state index in [1.807, 2.05) is 104 Å². The molecule has 9 aromatic rings. The summed E-state index contributed by atoms with van der Waals surface area (Å²) in [4.78, 5) is 157. The molecule has 0 N–H and O–H groups in total. The van der Waals surface area contributed by atoms with Gasteiger partial charge >= 0.3 is 23.9 Å². The van der Waals surface area contributed by atoms with Crippen LogP contribution < -0.4 is 18.9 Å². The van der Waals surface area contributed by atoms with Gasteiger partial charge in [-0.3, -0.25) is 57.7 Å². The molecule has 4 fully saturated rings. The molecule has 0 aliphatic carbocycles. The number of epoxide rings is 4. The number of nitrogens with zero attached hydrogens (tertiary/aromatic N) is 4. The minimum absolute atomic E-state index is 0.00161. The van der Waals surface area contributed by atoms with Crippen LogP contribution in [0.15, 0.2) is 121 Å². The summed E-state index contributed by atoms with van der Waals surface area (Å²) in [5.74, 6) is -7.33. The van der Waals surface area contributed by atoms with Gasteiger partial charge < -0.3 is 66.6 Å². The molecular formula is C88H88N4O22. The smallest absolute Gasteiger partial charge is 0.307 e. The number of fused-ring (bicyclic) bond motifs is 2. The van der Waals surface area contributed by atoms with Gasteiger partial charge in [0, 0.05) is 69.3 Å². The lowest BCUT2D eigenvalue weighted by atomic mass is 9.80. The zero-order valence-corrected chi connectivity index (χ0v) is 64.7. The van der Waals surface area contributed by atoms with Crippen LogP contribution in [0.1, 0.15) is 130 Å². The largest absolute Gasteiger partial charge is 0.463 e. The molecule has 6 aliphatic rings. The molecule has 26 heteroatoms. The molecule has 0 spiro atoms. The van der Waals surface area contributed by atoms with Crippen LogP contribution in [-0.2, 0) is 66.7 Å². The number of esters is 4. The highest BCUT2D eigenvalue weighted by molar-refractivity contribution is 6.45. The number of amides is 6. The van der Waals surface area contributed by atoms with Crippen molar-refractivity contribution >= 4 is 102 Å². The van der Waals surface area contributed by atoms with Crippen molar-refractivity contribution in [1.82, 2.24) is 19.6 Å². The normalized spacial score (nSPS) is 17.7. The monoisotopic (exact) mass is 1550 g/mol. The maximum atomic E-state index is 16.7. The maximum Gasteiger partial charge on any atom is 0.307 e. The zero-order chi connectivity index (χ0) is 79.9. The molecule has 9 aromatic carbocycles. The summed E-state index contributed by atoms with van der Waals surface area (Å²) < 4.78 is 71.9. The van der Waals surface area contributed by atoms with Gasteiger partial charge in [0.05, 0.1) is 74.4 Å². The molecule has 6 aliphatic heterocycles. The van der Waals surface area contributed by atoms with E-state index >= 15 is 28.8 Å². The number of benzene rings is 9. The van der Waals surface area contributed by atoms with Crippen LogP contribution in [0.5, 0.6) is 46.0 Å². The van der Waals surface area contributed by atoms with Crippen LogP contribution in [0.2, 0.25) is 0 Å². The lowest BCUT2D eigenvalue weighted by Crippen LogP contribution is -2.55. The molecule has 15 rings (SSSR count). The van der Waals surface area contributed by atoms with Gasteiger partial charge in [-0.1, -0.05) is 98.5 Å². The van der Waals surface area contributed by atoms with Crippen LogP contribution >= 0.6 is 0 Å². The summed E-state index contributed by atoms with van der Waals surface area (Å²) in [5.41, 5.74) is 3.14. The average molecular weight is 1550 g/mol. The highest BCUT2D eigenvalue weighted by Gasteiger charge is 2.48. The average Bonchev–Trinajstić information content (AvgIpc) is 0.811. The summed E-state index contributed by atoms with van der Waals surface area (Å²) in [7, 11) is 0. The Morgan fingerprint density at radius 2 is 0.570 bits per heavy atom. The van der Waals surface area contributed by atoms with Crippen molar-refractivity contribution in [3.05, 3.63) is 166 Å². The number of ether oxygens (including phenoxy) is 12. The topological polar surface area (TPSA) is 308 Å². The van der Waals surface area contributed by atoms with E-state index in [0.29, 0.717) is 26.4 Å². The van der Waals surface area contributed by atoms with Crippen molar-refractivity contribution < 1.29 is 105 Å². The van der Waals surface area contributed by atoms with Crippen molar-refractivity contribution in [3.63, 3.8) is 0 Å². The van der Waals surface area contributed by atoms with E-state index in [0.717, 1.165) is 32.1 Å².